The zero-order valence-corrected chi connectivity index (χ0v) is 9.48. The molecule has 17 heavy (non-hydrogen) atoms. The Morgan fingerprint density at radius 3 is 2.88 bits per heavy atom. The number of hydrazine groups is 1. The summed E-state index contributed by atoms with van der Waals surface area (Å²) >= 11 is 0. The Balaban J connectivity index is 2.52. The molecule has 0 spiro atoms. The molecule has 2 aromatic heterocycles. The SMILES string of the molecule is CNNc1nc(-c2ncccc2C)[nH]c(=O)n1. The number of aryl methyl sites for hydroxylation is 1. The lowest BCUT2D eigenvalue weighted by Crippen LogP contribution is -2.23. The van der Waals surface area contributed by atoms with Gasteiger partial charge < -0.3 is 0 Å². The summed E-state index contributed by atoms with van der Waals surface area (Å²) in [7, 11) is 1.66. The topological polar surface area (TPSA) is 95.6 Å². The molecule has 88 valence electrons. The molecule has 0 aliphatic rings. The second-order valence-electron chi connectivity index (χ2n) is 3.37. The lowest BCUT2D eigenvalue weighted by atomic mass is 10.2. The lowest BCUT2D eigenvalue weighted by Gasteiger charge is -2.05. The Bertz CT molecular complexity index is 579. The van der Waals surface area contributed by atoms with Crippen LogP contribution in [0.4, 0.5) is 5.95 Å². The van der Waals surface area contributed by atoms with Gasteiger partial charge in [0.1, 0.15) is 5.69 Å². The Morgan fingerprint density at radius 2 is 2.18 bits per heavy atom. The molecular weight excluding hydrogens is 220 g/mol. The molecule has 0 amide bonds. The number of hydrogen-bond acceptors (Lipinski definition) is 6. The summed E-state index contributed by atoms with van der Waals surface area (Å²) < 4.78 is 0. The molecule has 0 saturated carbocycles. The second kappa shape index (κ2) is 4.71. The molecule has 3 N–H and O–H groups in total. The summed E-state index contributed by atoms with van der Waals surface area (Å²) in [4.78, 5) is 25.9. The number of nitrogens with zero attached hydrogens (tertiary/aromatic N) is 3. The van der Waals surface area contributed by atoms with E-state index in [1.165, 1.54) is 0 Å². The average molecular weight is 232 g/mol. The van der Waals surface area contributed by atoms with Crippen LogP contribution in [0.25, 0.3) is 11.5 Å². The third-order valence-corrected chi connectivity index (χ3v) is 2.12. The molecule has 0 aliphatic carbocycles. The molecule has 0 unspecified atom stereocenters. The highest BCUT2D eigenvalue weighted by molar-refractivity contribution is 5.54. The van der Waals surface area contributed by atoms with Crippen molar-refractivity contribution in [2.75, 3.05) is 12.5 Å². The molecule has 7 nitrogen and oxygen atoms in total. The zero-order chi connectivity index (χ0) is 12.3. The van der Waals surface area contributed by atoms with E-state index in [1.807, 2.05) is 19.1 Å². The molecular formula is C10H12N6O. The van der Waals surface area contributed by atoms with Gasteiger partial charge in [-0.2, -0.15) is 9.97 Å². The molecule has 0 atom stereocenters. The van der Waals surface area contributed by atoms with Gasteiger partial charge in [0, 0.05) is 13.2 Å². The van der Waals surface area contributed by atoms with E-state index in [9.17, 15) is 4.79 Å². The summed E-state index contributed by atoms with van der Waals surface area (Å²) in [5.41, 5.74) is 6.40. The normalized spacial score (nSPS) is 10.2. The van der Waals surface area contributed by atoms with Gasteiger partial charge in [-0.15, -0.1) is 0 Å². The summed E-state index contributed by atoms with van der Waals surface area (Å²) in [5.74, 6) is 0.595. The summed E-state index contributed by atoms with van der Waals surface area (Å²) in [6, 6.07) is 3.72. The highest BCUT2D eigenvalue weighted by atomic mass is 16.1. The third kappa shape index (κ3) is 2.45. The summed E-state index contributed by atoms with van der Waals surface area (Å²) in [6.07, 6.45) is 1.65. The number of hydrogen-bond donors (Lipinski definition) is 3. The predicted octanol–water partition coefficient (Wildman–Crippen LogP) is 0.0816. The minimum absolute atomic E-state index is 0.205. The first kappa shape index (κ1) is 11.2. The van der Waals surface area contributed by atoms with Crippen molar-refractivity contribution < 1.29 is 0 Å². The van der Waals surface area contributed by atoms with Crippen LogP contribution in [-0.2, 0) is 0 Å². The minimum atomic E-state index is -0.474. The van der Waals surface area contributed by atoms with Crippen molar-refractivity contribution in [2.45, 2.75) is 6.92 Å². The van der Waals surface area contributed by atoms with Crippen LogP contribution in [0.5, 0.6) is 0 Å². The molecule has 2 rings (SSSR count). The van der Waals surface area contributed by atoms with E-state index in [0.717, 1.165) is 5.56 Å². The lowest BCUT2D eigenvalue weighted by molar-refractivity contribution is 0.902. The Kier molecular flexibility index (Phi) is 3.10. The summed E-state index contributed by atoms with van der Waals surface area (Å²) in [5, 5.41) is 0. The first-order valence-corrected chi connectivity index (χ1v) is 5.04. The van der Waals surface area contributed by atoms with Crippen LogP contribution < -0.4 is 16.5 Å². The van der Waals surface area contributed by atoms with Crippen molar-refractivity contribution >= 4 is 5.95 Å². The molecule has 0 radical (unpaired) electrons. The number of H-pyrrole nitrogens is 1. The van der Waals surface area contributed by atoms with Gasteiger partial charge >= 0.3 is 5.69 Å². The molecule has 0 saturated heterocycles. The highest BCUT2D eigenvalue weighted by Crippen LogP contribution is 2.15. The smallest absolute Gasteiger partial charge is 0.290 e. The molecule has 0 aliphatic heterocycles. The van der Waals surface area contributed by atoms with Gasteiger partial charge in [-0.1, -0.05) is 6.07 Å². The van der Waals surface area contributed by atoms with Gasteiger partial charge in [-0.05, 0) is 18.6 Å². The van der Waals surface area contributed by atoms with E-state index in [0.29, 0.717) is 11.5 Å². The molecule has 0 bridgehead atoms. The van der Waals surface area contributed by atoms with Crippen LogP contribution in [0.2, 0.25) is 0 Å². The van der Waals surface area contributed by atoms with Gasteiger partial charge in [0.25, 0.3) is 0 Å². The van der Waals surface area contributed by atoms with Crippen LogP contribution in [0.1, 0.15) is 5.56 Å². The average Bonchev–Trinajstić information content (AvgIpc) is 2.29. The Labute approximate surface area is 97.3 Å². The maximum Gasteiger partial charge on any atom is 0.349 e. The number of anilines is 1. The van der Waals surface area contributed by atoms with Crippen LogP contribution in [-0.4, -0.2) is 27.0 Å². The van der Waals surface area contributed by atoms with Gasteiger partial charge in [-0.3, -0.25) is 15.4 Å². The number of nitrogens with one attached hydrogen (secondary N) is 3. The second-order valence-corrected chi connectivity index (χ2v) is 3.37. The fraction of sp³-hybridized carbons (Fsp3) is 0.200. The number of aromatic nitrogens is 4. The fourth-order valence-corrected chi connectivity index (χ4v) is 1.40. The fourth-order valence-electron chi connectivity index (χ4n) is 1.40. The summed E-state index contributed by atoms with van der Waals surface area (Å²) in [6.45, 7) is 1.90. The van der Waals surface area contributed by atoms with Gasteiger partial charge in [-0.25, -0.2) is 10.2 Å². The van der Waals surface area contributed by atoms with Crippen LogP contribution in [0.3, 0.4) is 0 Å². The number of rotatable bonds is 3. The van der Waals surface area contributed by atoms with Crippen molar-refractivity contribution in [3.63, 3.8) is 0 Å². The maximum atomic E-state index is 11.4. The van der Waals surface area contributed by atoms with E-state index in [4.69, 9.17) is 0 Å². The molecule has 2 aromatic rings. The molecule has 0 fully saturated rings. The first-order chi connectivity index (χ1) is 8.20. The van der Waals surface area contributed by atoms with E-state index >= 15 is 0 Å². The zero-order valence-electron chi connectivity index (χ0n) is 9.48. The molecule has 2 heterocycles. The highest BCUT2D eigenvalue weighted by Gasteiger charge is 2.08. The van der Waals surface area contributed by atoms with Crippen LogP contribution in [0.15, 0.2) is 23.1 Å². The Morgan fingerprint density at radius 1 is 1.35 bits per heavy atom. The predicted molar refractivity (Wildman–Crippen MR) is 63.3 cm³/mol. The minimum Gasteiger partial charge on any atom is -0.290 e. The van der Waals surface area contributed by atoms with Gasteiger partial charge in [0.05, 0.1) is 0 Å². The molecule has 7 heteroatoms. The van der Waals surface area contributed by atoms with Crippen molar-refractivity contribution in [1.82, 2.24) is 25.4 Å². The van der Waals surface area contributed by atoms with Gasteiger partial charge in [0.2, 0.25) is 5.95 Å². The molecule has 0 aromatic carbocycles. The number of pyridine rings is 1. The van der Waals surface area contributed by atoms with Crippen molar-refractivity contribution in [1.29, 1.82) is 0 Å². The van der Waals surface area contributed by atoms with Crippen LogP contribution >= 0.6 is 0 Å². The van der Waals surface area contributed by atoms with Crippen molar-refractivity contribution in [2.24, 2.45) is 0 Å². The largest absolute Gasteiger partial charge is 0.349 e. The quantitative estimate of drug-likeness (QED) is 0.649. The monoisotopic (exact) mass is 232 g/mol. The van der Waals surface area contributed by atoms with E-state index < -0.39 is 5.69 Å². The van der Waals surface area contributed by atoms with E-state index in [2.05, 4.69) is 30.8 Å². The first-order valence-electron chi connectivity index (χ1n) is 5.04. The van der Waals surface area contributed by atoms with Gasteiger partial charge in [0.15, 0.2) is 5.82 Å². The number of aromatic amines is 1. The van der Waals surface area contributed by atoms with Crippen molar-refractivity contribution in [3.05, 3.63) is 34.4 Å². The standard InChI is InChI=1S/C10H12N6O/c1-6-4-3-5-12-7(6)8-13-9(16-11-2)15-10(17)14-8/h3-5,11H,1-2H3,(H2,13,14,15,16,17). The van der Waals surface area contributed by atoms with E-state index in [1.54, 1.807) is 13.2 Å². The van der Waals surface area contributed by atoms with Crippen molar-refractivity contribution in [3.8, 4) is 11.5 Å². The van der Waals surface area contributed by atoms with Crippen LogP contribution in [0, 0.1) is 6.92 Å². The Hall–Kier alpha value is -2.28. The third-order valence-electron chi connectivity index (χ3n) is 2.12. The maximum absolute atomic E-state index is 11.4. The van der Waals surface area contributed by atoms with E-state index in [-0.39, 0.29) is 5.95 Å².